The number of halogens is 3. The van der Waals surface area contributed by atoms with Gasteiger partial charge in [-0.2, -0.15) is 4.39 Å². The summed E-state index contributed by atoms with van der Waals surface area (Å²) in [5, 5.41) is 0.485. The lowest BCUT2D eigenvalue weighted by atomic mass is 10.1. The van der Waals surface area contributed by atoms with E-state index in [9.17, 15) is 18.8 Å². The van der Waals surface area contributed by atoms with Crippen molar-refractivity contribution in [1.29, 1.82) is 0 Å². The number of H-pyrrole nitrogens is 1. The lowest BCUT2D eigenvalue weighted by Gasteiger charge is -2.06. The van der Waals surface area contributed by atoms with E-state index in [1.54, 1.807) is 4.98 Å². The molecule has 0 bridgehead atoms. The minimum absolute atomic E-state index is 0.125. The maximum absolute atomic E-state index is 13.1. The quantitative estimate of drug-likeness (QED) is 0.879. The van der Waals surface area contributed by atoms with Crippen LogP contribution < -0.4 is 11.2 Å². The van der Waals surface area contributed by atoms with Crippen LogP contribution in [0.15, 0.2) is 34.0 Å². The maximum atomic E-state index is 13.1. The van der Waals surface area contributed by atoms with Crippen molar-refractivity contribution in [2.75, 3.05) is 0 Å². The number of carbonyl (C=O) groups is 1. The Balaban J connectivity index is 2.35. The Morgan fingerprint density at radius 2 is 2.00 bits per heavy atom. The third kappa shape index (κ3) is 2.97. The van der Waals surface area contributed by atoms with Gasteiger partial charge in [-0.25, -0.2) is 4.79 Å². The molecule has 0 amide bonds. The molecule has 0 radical (unpaired) electrons. The first-order valence-corrected chi connectivity index (χ1v) is 6.11. The van der Waals surface area contributed by atoms with Gasteiger partial charge in [0.05, 0.1) is 17.8 Å². The molecule has 8 heteroatoms. The van der Waals surface area contributed by atoms with E-state index in [1.165, 1.54) is 18.2 Å². The van der Waals surface area contributed by atoms with Gasteiger partial charge in [0.2, 0.25) is 5.82 Å². The van der Waals surface area contributed by atoms with Crippen LogP contribution in [0.25, 0.3) is 0 Å². The molecule has 0 spiro atoms. The number of benzene rings is 1. The smallest absolute Gasteiger partial charge is 0.292 e. The van der Waals surface area contributed by atoms with Crippen molar-refractivity contribution in [3.8, 4) is 0 Å². The number of carbonyl (C=O) groups excluding carboxylic acids is 1. The van der Waals surface area contributed by atoms with Crippen molar-refractivity contribution in [2.45, 2.75) is 6.54 Å². The van der Waals surface area contributed by atoms with Crippen LogP contribution >= 0.6 is 23.2 Å². The fraction of sp³-hybridized carbons (Fsp3) is 0.0833. The van der Waals surface area contributed by atoms with Gasteiger partial charge in [-0.05, 0) is 18.2 Å². The molecule has 0 aliphatic heterocycles. The number of aromatic nitrogens is 2. The minimum atomic E-state index is -1.15. The van der Waals surface area contributed by atoms with Crippen molar-refractivity contribution in [3.05, 3.63) is 66.7 Å². The van der Waals surface area contributed by atoms with Crippen LogP contribution in [0.1, 0.15) is 10.4 Å². The second kappa shape index (κ2) is 5.60. The number of nitrogens with one attached hydrogen (secondary N) is 1. The molecule has 1 aromatic carbocycles. The monoisotopic (exact) mass is 316 g/mol. The predicted molar refractivity (Wildman–Crippen MR) is 72.1 cm³/mol. The Hall–Kier alpha value is -1.92. The van der Waals surface area contributed by atoms with Crippen LogP contribution in [0.2, 0.25) is 10.0 Å². The Morgan fingerprint density at radius 1 is 1.30 bits per heavy atom. The average Bonchev–Trinajstić information content (AvgIpc) is 2.35. The number of Topliss-reactive ketones (excluding diaryl/α,β-unsaturated/α-hetero) is 1. The van der Waals surface area contributed by atoms with Gasteiger partial charge in [0.15, 0.2) is 5.78 Å². The number of rotatable bonds is 3. The predicted octanol–water partition coefficient (Wildman–Crippen LogP) is 1.87. The largest absolute Gasteiger partial charge is 0.328 e. The summed E-state index contributed by atoms with van der Waals surface area (Å²) in [4.78, 5) is 36.1. The highest BCUT2D eigenvalue weighted by Gasteiger charge is 2.13. The van der Waals surface area contributed by atoms with Crippen LogP contribution in [-0.4, -0.2) is 15.3 Å². The van der Waals surface area contributed by atoms with Crippen LogP contribution in [-0.2, 0) is 6.54 Å². The molecule has 0 aliphatic carbocycles. The number of aromatic amines is 1. The molecule has 20 heavy (non-hydrogen) atoms. The summed E-state index contributed by atoms with van der Waals surface area (Å²) < 4.78 is 13.8. The summed E-state index contributed by atoms with van der Waals surface area (Å²) in [6.45, 7) is -0.451. The molecule has 0 unspecified atom stereocenters. The molecule has 1 heterocycles. The Labute approximate surface area is 121 Å². The third-order valence-corrected chi connectivity index (χ3v) is 3.06. The van der Waals surface area contributed by atoms with Crippen molar-refractivity contribution in [1.82, 2.24) is 9.55 Å². The molecule has 1 aromatic heterocycles. The first-order chi connectivity index (χ1) is 9.38. The van der Waals surface area contributed by atoms with Gasteiger partial charge in [0, 0.05) is 10.6 Å². The van der Waals surface area contributed by atoms with Gasteiger partial charge in [0.1, 0.15) is 0 Å². The fourth-order valence-electron chi connectivity index (χ4n) is 1.56. The lowest BCUT2D eigenvalue weighted by molar-refractivity contribution is 0.0970. The summed E-state index contributed by atoms with van der Waals surface area (Å²) in [7, 11) is 0. The molecular formula is C12H7Cl2FN2O3. The van der Waals surface area contributed by atoms with E-state index < -0.39 is 29.4 Å². The van der Waals surface area contributed by atoms with Crippen LogP contribution in [0, 0.1) is 5.82 Å². The van der Waals surface area contributed by atoms with Crippen LogP contribution in [0.4, 0.5) is 4.39 Å². The van der Waals surface area contributed by atoms with E-state index in [4.69, 9.17) is 23.2 Å². The van der Waals surface area contributed by atoms with E-state index in [2.05, 4.69) is 0 Å². The van der Waals surface area contributed by atoms with Crippen molar-refractivity contribution < 1.29 is 9.18 Å². The highest BCUT2D eigenvalue weighted by molar-refractivity contribution is 6.36. The maximum Gasteiger partial charge on any atom is 0.328 e. The zero-order valence-electron chi connectivity index (χ0n) is 9.82. The summed E-state index contributed by atoms with van der Waals surface area (Å²) in [5.74, 6) is -1.67. The second-order valence-electron chi connectivity index (χ2n) is 3.91. The Kier molecular flexibility index (Phi) is 4.06. The van der Waals surface area contributed by atoms with Gasteiger partial charge in [-0.3, -0.25) is 19.1 Å². The van der Waals surface area contributed by atoms with Crippen molar-refractivity contribution in [3.63, 3.8) is 0 Å². The minimum Gasteiger partial charge on any atom is -0.292 e. The highest BCUT2D eigenvalue weighted by Crippen LogP contribution is 2.21. The second-order valence-corrected chi connectivity index (χ2v) is 4.76. The average molecular weight is 317 g/mol. The van der Waals surface area contributed by atoms with E-state index in [-0.39, 0.29) is 10.6 Å². The first kappa shape index (κ1) is 14.5. The van der Waals surface area contributed by atoms with Crippen molar-refractivity contribution >= 4 is 29.0 Å². The summed E-state index contributed by atoms with van der Waals surface area (Å²) in [6, 6.07) is 4.25. The van der Waals surface area contributed by atoms with E-state index in [0.717, 1.165) is 4.57 Å². The molecule has 0 saturated carbocycles. The molecule has 2 aromatic rings. The summed E-state index contributed by atoms with van der Waals surface area (Å²) in [5.41, 5.74) is -1.87. The summed E-state index contributed by atoms with van der Waals surface area (Å²) in [6.07, 6.45) is 0.670. The van der Waals surface area contributed by atoms with Gasteiger partial charge in [-0.15, -0.1) is 0 Å². The number of nitrogens with zero attached hydrogens (tertiary/aromatic N) is 1. The number of ketones is 1. The molecule has 0 aliphatic rings. The van der Waals surface area contributed by atoms with Gasteiger partial charge in [0.25, 0.3) is 5.56 Å². The standard InChI is InChI=1S/C12H7Cl2FN2O3/c13-6-1-2-7(8(14)3-6)10(18)5-17-4-9(15)11(19)16-12(17)20/h1-4H,5H2,(H,16,19,20). The van der Waals surface area contributed by atoms with Gasteiger partial charge >= 0.3 is 5.69 Å². The molecule has 0 atom stereocenters. The number of hydrogen-bond acceptors (Lipinski definition) is 3. The molecule has 0 fully saturated rings. The molecule has 1 N–H and O–H groups in total. The number of hydrogen-bond donors (Lipinski definition) is 1. The zero-order chi connectivity index (χ0) is 14.9. The van der Waals surface area contributed by atoms with E-state index >= 15 is 0 Å². The topological polar surface area (TPSA) is 71.9 Å². The normalized spacial score (nSPS) is 10.6. The Morgan fingerprint density at radius 3 is 2.65 bits per heavy atom. The van der Waals surface area contributed by atoms with Gasteiger partial charge in [-0.1, -0.05) is 23.2 Å². The Bertz CT molecular complexity index is 798. The molecule has 2 rings (SSSR count). The third-order valence-electron chi connectivity index (χ3n) is 2.51. The summed E-state index contributed by atoms with van der Waals surface area (Å²) >= 11 is 11.6. The van der Waals surface area contributed by atoms with Gasteiger partial charge < -0.3 is 0 Å². The molecular weight excluding hydrogens is 310 g/mol. The SMILES string of the molecule is O=C(Cn1cc(F)c(=O)[nH]c1=O)c1ccc(Cl)cc1Cl. The van der Waals surface area contributed by atoms with E-state index in [1.807, 2.05) is 0 Å². The van der Waals surface area contributed by atoms with Crippen LogP contribution in [0.3, 0.4) is 0 Å². The van der Waals surface area contributed by atoms with Crippen molar-refractivity contribution in [2.24, 2.45) is 0 Å². The zero-order valence-corrected chi connectivity index (χ0v) is 11.3. The lowest BCUT2D eigenvalue weighted by Crippen LogP contribution is -2.33. The molecule has 5 nitrogen and oxygen atoms in total. The highest BCUT2D eigenvalue weighted by atomic mass is 35.5. The van der Waals surface area contributed by atoms with Crippen LogP contribution in [0.5, 0.6) is 0 Å². The molecule has 0 saturated heterocycles. The molecule has 104 valence electrons. The fourth-order valence-corrected chi connectivity index (χ4v) is 2.07. The van der Waals surface area contributed by atoms with E-state index in [0.29, 0.717) is 11.2 Å². The first-order valence-electron chi connectivity index (χ1n) is 5.36.